The third-order valence-electron chi connectivity index (χ3n) is 4.15. The van der Waals surface area contributed by atoms with E-state index in [1.54, 1.807) is 7.11 Å². The summed E-state index contributed by atoms with van der Waals surface area (Å²) in [7, 11) is 1.74. The van der Waals surface area contributed by atoms with Gasteiger partial charge in [0.25, 0.3) is 0 Å². The van der Waals surface area contributed by atoms with Gasteiger partial charge in [-0.1, -0.05) is 27.7 Å². The largest absolute Gasteiger partial charge is 0.383 e. The zero-order valence-corrected chi connectivity index (χ0v) is 9.61. The van der Waals surface area contributed by atoms with Gasteiger partial charge in [0.15, 0.2) is 0 Å². The predicted octanol–water partition coefficient (Wildman–Crippen LogP) is 1.90. The van der Waals surface area contributed by atoms with Gasteiger partial charge in [0, 0.05) is 13.7 Å². The van der Waals surface area contributed by atoms with E-state index in [1.165, 1.54) is 0 Å². The molecule has 2 nitrogen and oxygen atoms in total. The van der Waals surface area contributed by atoms with Crippen LogP contribution in [-0.4, -0.2) is 26.8 Å². The van der Waals surface area contributed by atoms with Crippen molar-refractivity contribution >= 4 is 0 Å². The molecule has 0 spiro atoms. The lowest BCUT2D eigenvalue weighted by Crippen LogP contribution is -2.23. The summed E-state index contributed by atoms with van der Waals surface area (Å²) in [5, 5.41) is 3.43. The quantitative estimate of drug-likeness (QED) is 0.661. The van der Waals surface area contributed by atoms with E-state index in [-0.39, 0.29) is 0 Å². The number of hydrogen-bond donors (Lipinski definition) is 1. The Labute approximate surface area is 82.0 Å². The molecule has 78 valence electrons. The normalized spacial score (nSPS) is 24.7. The van der Waals surface area contributed by atoms with E-state index in [9.17, 15) is 0 Å². The van der Waals surface area contributed by atoms with Crippen molar-refractivity contribution in [3.63, 3.8) is 0 Å². The lowest BCUT2D eigenvalue weighted by Gasteiger charge is -2.04. The summed E-state index contributed by atoms with van der Waals surface area (Å²) < 4.78 is 4.99. The zero-order valence-electron chi connectivity index (χ0n) is 9.61. The molecule has 0 aromatic carbocycles. The predicted molar refractivity (Wildman–Crippen MR) is 55.8 cm³/mol. The summed E-state index contributed by atoms with van der Waals surface area (Å²) in [5.74, 6) is 0.817. The first-order chi connectivity index (χ1) is 5.94. The smallest absolute Gasteiger partial charge is 0.0587 e. The molecule has 0 amide bonds. The van der Waals surface area contributed by atoms with Crippen LogP contribution in [-0.2, 0) is 4.74 Å². The number of ether oxygens (including phenoxy) is 1. The van der Waals surface area contributed by atoms with Crippen LogP contribution in [0.15, 0.2) is 0 Å². The summed E-state index contributed by atoms with van der Waals surface area (Å²) in [6.45, 7) is 12.3. The van der Waals surface area contributed by atoms with Gasteiger partial charge in [0.1, 0.15) is 0 Å². The molecular formula is C11H23NO. The molecule has 1 N–H and O–H groups in total. The Balaban J connectivity index is 2.19. The first-order valence-electron chi connectivity index (χ1n) is 5.14. The molecule has 0 heterocycles. The fourth-order valence-electron chi connectivity index (χ4n) is 2.26. The van der Waals surface area contributed by atoms with E-state index < -0.39 is 0 Å². The molecule has 1 fully saturated rings. The first-order valence-corrected chi connectivity index (χ1v) is 5.14. The Kier molecular flexibility index (Phi) is 3.03. The summed E-state index contributed by atoms with van der Waals surface area (Å²) >= 11 is 0. The monoisotopic (exact) mass is 185 g/mol. The van der Waals surface area contributed by atoms with Crippen LogP contribution >= 0.6 is 0 Å². The van der Waals surface area contributed by atoms with Crippen molar-refractivity contribution in [2.45, 2.75) is 27.7 Å². The molecule has 1 saturated carbocycles. The standard InChI is InChI=1S/C11H23NO/c1-10(2)9(11(10,3)4)8-12-6-7-13-5/h9,12H,6-8H2,1-5H3. The maximum absolute atomic E-state index is 4.99. The SMILES string of the molecule is COCCNCC1C(C)(C)C1(C)C. The average Bonchev–Trinajstić information content (AvgIpc) is 2.39. The topological polar surface area (TPSA) is 21.3 Å². The van der Waals surface area contributed by atoms with E-state index >= 15 is 0 Å². The summed E-state index contributed by atoms with van der Waals surface area (Å²) in [5.41, 5.74) is 1.01. The molecule has 1 aliphatic carbocycles. The number of nitrogens with one attached hydrogen (secondary N) is 1. The van der Waals surface area contributed by atoms with Crippen LogP contribution < -0.4 is 5.32 Å². The van der Waals surface area contributed by atoms with Crippen molar-refractivity contribution in [2.75, 3.05) is 26.8 Å². The molecule has 2 heteroatoms. The highest BCUT2D eigenvalue weighted by Crippen LogP contribution is 2.67. The third kappa shape index (κ3) is 1.89. The first kappa shape index (κ1) is 11.0. The van der Waals surface area contributed by atoms with Crippen molar-refractivity contribution in [2.24, 2.45) is 16.7 Å². The Bertz CT molecular complexity index is 161. The molecule has 0 bridgehead atoms. The summed E-state index contributed by atoms with van der Waals surface area (Å²) in [6.07, 6.45) is 0. The molecular weight excluding hydrogens is 162 g/mol. The lowest BCUT2D eigenvalue weighted by molar-refractivity contribution is 0.198. The zero-order chi connectivity index (χ0) is 10.1. The van der Waals surface area contributed by atoms with E-state index in [0.29, 0.717) is 10.8 Å². The van der Waals surface area contributed by atoms with Gasteiger partial charge >= 0.3 is 0 Å². The van der Waals surface area contributed by atoms with E-state index in [4.69, 9.17) is 4.74 Å². The van der Waals surface area contributed by atoms with E-state index in [0.717, 1.165) is 25.6 Å². The maximum atomic E-state index is 4.99. The van der Waals surface area contributed by atoms with Gasteiger partial charge < -0.3 is 10.1 Å². The molecule has 0 saturated heterocycles. The number of rotatable bonds is 5. The van der Waals surface area contributed by atoms with Crippen LogP contribution in [0.5, 0.6) is 0 Å². The molecule has 1 aliphatic rings. The Morgan fingerprint density at radius 2 is 1.69 bits per heavy atom. The Hall–Kier alpha value is -0.0800. The highest BCUT2D eigenvalue weighted by Gasteiger charge is 2.63. The van der Waals surface area contributed by atoms with Gasteiger partial charge in [0.05, 0.1) is 6.61 Å². The fraction of sp³-hybridized carbons (Fsp3) is 1.00. The molecule has 0 radical (unpaired) electrons. The minimum absolute atomic E-state index is 0.507. The molecule has 1 rings (SSSR count). The number of methoxy groups -OCH3 is 1. The molecule has 0 atom stereocenters. The van der Waals surface area contributed by atoms with Crippen LogP contribution in [0.4, 0.5) is 0 Å². The average molecular weight is 185 g/mol. The lowest BCUT2D eigenvalue weighted by atomic mass is 10.0. The van der Waals surface area contributed by atoms with E-state index in [2.05, 4.69) is 33.0 Å². The molecule has 0 unspecified atom stereocenters. The van der Waals surface area contributed by atoms with Crippen LogP contribution in [0.1, 0.15) is 27.7 Å². The highest BCUT2D eigenvalue weighted by atomic mass is 16.5. The van der Waals surface area contributed by atoms with Gasteiger partial charge in [-0.05, 0) is 23.3 Å². The molecule has 13 heavy (non-hydrogen) atoms. The van der Waals surface area contributed by atoms with Gasteiger partial charge in [-0.2, -0.15) is 0 Å². The number of hydrogen-bond acceptors (Lipinski definition) is 2. The summed E-state index contributed by atoms with van der Waals surface area (Å²) in [4.78, 5) is 0. The van der Waals surface area contributed by atoms with Crippen LogP contribution in [0, 0.1) is 16.7 Å². The molecule has 0 aromatic heterocycles. The van der Waals surface area contributed by atoms with Crippen molar-refractivity contribution < 1.29 is 4.74 Å². The van der Waals surface area contributed by atoms with Crippen LogP contribution in [0.25, 0.3) is 0 Å². The second-order valence-electron chi connectivity index (χ2n) is 5.19. The minimum Gasteiger partial charge on any atom is -0.383 e. The maximum Gasteiger partial charge on any atom is 0.0587 e. The Morgan fingerprint density at radius 3 is 2.08 bits per heavy atom. The van der Waals surface area contributed by atoms with E-state index in [1.807, 2.05) is 0 Å². The van der Waals surface area contributed by atoms with Crippen molar-refractivity contribution in [3.8, 4) is 0 Å². The van der Waals surface area contributed by atoms with Gasteiger partial charge in [-0.15, -0.1) is 0 Å². The van der Waals surface area contributed by atoms with Crippen LogP contribution in [0.2, 0.25) is 0 Å². The Morgan fingerprint density at radius 1 is 1.15 bits per heavy atom. The van der Waals surface area contributed by atoms with Gasteiger partial charge in [-0.25, -0.2) is 0 Å². The van der Waals surface area contributed by atoms with Crippen molar-refractivity contribution in [1.29, 1.82) is 0 Å². The highest BCUT2D eigenvalue weighted by molar-refractivity contribution is 5.12. The van der Waals surface area contributed by atoms with Crippen molar-refractivity contribution in [3.05, 3.63) is 0 Å². The second-order valence-corrected chi connectivity index (χ2v) is 5.19. The van der Waals surface area contributed by atoms with Crippen molar-refractivity contribution in [1.82, 2.24) is 5.32 Å². The molecule has 0 aliphatic heterocycles. The third-order valence-corrected chi connectivity index (χ3v) is 4.15. The summed E-state index contributed by atoms with van der Waals surface area (Å²) in [6, 6.07) is 0. The van der Waals surface area contributed by atoms with Gasteiger partial charge in [-0.3, -0.25) is 0 Å². The second kappa shape index (κ2) is 3.58. The van der Waals surface area contributed by atoms with Crippen LogP contribution in [0.3, 0.4) is 0 Å². The molecule has 0 aromatic rings. The fourth-order valence-corrected chi connectivity index (χ4v) is 2.26. The minimum atomic E-state index is 0.507. The van der Waals surface area contributed by atoms with Gasteiger partial charge in [0.2, 0.25) is 0 Å².